The number of ether oxygens (including phenoxy) is 1. The van der Waals surface area contributed by atoms with E-state index in [0.717, 1.165) is 0 Å². The van der Waals surface area contributed by atoms with Crippen molar-refractivity contribution in [3.63, 3.8) is 0 Å². The highest BCUT2D eigenvalue weighted by atomic mass is 32.2. The molecule has 0 bridgehead atoms. The summed E-state index contributed by atoms with van der Waals surface area (Å²) in [5.41, 5.74) is -0.837. The highest BCUT2D eigenvalue weighted by Gasteiger charge is 2.27. The molecule has 0 saturated heterocycles. The first-order valence-corrected chi connectivity index (χ1v) is 7.55. The zero-order valence-electron chi connectivity index (χ0n) is 12.0. The van der Waals surface area contributed by atoms with Crippen LogP contribution >= 0.6 is 0 Å². The summed E-state index contributed by atoms with van der Waals surface area (Å²) in [6.45, 7) is 6.95. The van der Waals surface area contributed by atoms with E-state index in [9.17, 15) is 13.2 Å². The molecule has 6 nitrogen and oxygen atoms in total. The quantitative estimate of drug-likeness (QED) is 0.898. The van der Waals surface area contributed by atoms with E-state index in [-0.39, 0.29) is 5.75 Å². The Labute approximate surface area is 119 Å². The Balaban J connectivity index is 2.89. The second-order valence-corrected chi connectivity index (χ2v) is 6.38. The van der Waals surface area contributed by atoms with Crippen LogP contribution in [0, 0.1) is 5.41 Å². The van der Waals surface area contributed by atoms with Crippen molar-refractivity contribution in [3.05, 3.63) is 24.3 Å². The maximum absolute atomic E-state index is 11.8. The first-order chi connectivity index (χ1) is 9.15. The van der Waals surface area contributed by atoms with Crippen molar-refractivity contribution in [2.45, 2.75) is 27.7 Å². The van der Waals surface area contributed by atoms with Crippen LogP contribution in [0.1, 0.15) is 27.7 Å². The molecular weight excluding hydrogens is 282 g/mol. The molecule has 20 heavy (non-hydrogen) atoms. The highest BCUT2D eigenvalue weighted by molar-refractivity contribution is 7.85. The summed E-state index contributed by atoms with van der Waals surface area (Å²) in [6.07, 6.45) is 0. The Morgan fingerprint density at radius 1 is 1.20 bits per heavy atom. The molecule has 0 heterocycles. The Morgan fingerprint density at radius 2 is 1.75 bits per heavy atom. The van der Waals surface area contributed by atoms with Gasteiger partial charge in [-0.25, -0.2) is 4.72 Å². The normalized spacial score (nSPS) is 11.8. The number of para-hydroxylation sites is 2. The molecule has 1 aromatic rings. The van der Waals surface area contributed by atoms with E-state index >= 15 is 0 Å². The first-order valence-electron chi connectivity index (χ1n) is 6.14. The summed E-state index contributed by atoms with van der Waals surface area (Å²) in [5.74, 6) is -0.321. The van der Waals surface area contributed by atoms with E-state index in [1.54, 1.807) is 45.9 Å². The lowest BCUT2D eigenvalue weighted by atomic mass is 9.96. The van der Waals surface area contributed by atoms with Crippen molar-refractivity contribution >= 4 is 16.2 Å². The topological polar surface area (TPSA) is 81.7 Å². The monoisotopic (exact) mass is 301 g/mol. The van der Waals surface area contributed by atoms with Crippen LogP contribution in [0.3, 0.4) is 0 Å². The molecule has 0 aliphatic rings. The third kappa shape index (κ3) is 4.73. The molecule has 112 valence electrons. The van der Waals surface area contributed by atoms with Crippen LogP contribution in [0.15, 0.2) is 24.3 Å². The average molecular weight is 301 g/mol. The predicted octanol–water partition coefficient (Wildman–Crippen LogP) is 1.87. The number of nitrogens with one attached hydrogen (secondary N) is 1. The van der Waals surface area contributed by atoms with E-state index in [1.165, 1.54) is 6.07 Å². The van der Waals surface area contributed by atoms with Crippen LogP contribution in [0.5, 0.6) is 11.5 Å². The van der Waals surface area contributed by atoms with Gasteiger partial charge in [0.2, 0.25) is 5.91 Å². The van der Waals surface area contributed by atoms with Crippen molar-refractivity contribution in [1.82, 2.24) is 4.72 Å². The van der Waals surface area contributed by atoms with E-state index < -0.39 is 21.6 Å². The van der Waals surface area contributed by atoms with Gasteiger partial charge in [-0.2, -0.15) is 8.42 Å². The number of rotatable bonds is 5. The maximum atomic E-state index is 11.8. The molecular formula is C13H19NO5S. The second-order valence-electron chi connectivity index (χ2n) is 5.10. The summed E-state index contributed by atoms with van der Waals surface area (Å²) in [7, 11) is -4.24. The van der Waals surface area contributed by atoms with Crippen LogP contribution in [0.4, 0.5) is 0 Å². The minimum absolute atomic E-state index is 0.0311. The number of amides is 1. The third-order valence-electron chi connectivity index (χ3n) is 2.25. The largest absolute Gasteiger partial charge is 0.490 e. The van der Waals surface area contributed by atoms with Gasteiger partial charge in [0.15, 0.2) is 11.5 Å². The standard InChI is InChI=1S/C13H19NO5S/c1-5-18-10-8-6-7-9-11(10)19-20(16,17)14-12(15)13(2,3)4/h6-9H,5H2,1-4H3,(H,14,15). The lowest BCUT2D eigenvalue weighted by Crippen LogP contribution is -2.41. The minimum atomic E-state index is -4.24. The lowest BCUT2D eigenvalue weighted by Gasteiger charge is -2.18. The molecule has 0 spiro atoms. The molecule has 0 atom stereocenters. The number of hydrogen-bond acceptors (Lipinski definition) is 5. The first kappa shape index (κ1) is 16.3. The summed E-state index contributed by atoms with van der Waals surface area (Å²) in [5, 5.41) is 0. The van der Waals surface area contributed by atoms with Gasteiger partial charge in [-0.05, 0) is 19.1 Å². The minimum Gasteiger partial charge on any atom is -0.490 e. The summed E-state index contributed by atoms with van der Waals surface area (Å²) >= 11 is 0. The average Bonchev–Trinajstić information content (AvgIpc) is 2.29. The van der Waals surface area contributed by atoms with Gasteiger partial charge in [0.1, 0.15) is 0 Å². The molecule has 1 N–H and O–H groups in total. The molecule has 1 amide bonds. The van der Waals surface area contributed by atoms with Crippen molar-refractivity contribution in [3.8, 4) is 11.5 Å². The molecule has 0 aliphatic carbocycles. The molecule has 1 rings (SSSR count). The van der Waals surface area contributed by atoms with Gasteiger partial charge in [-0.1, -0.05) is 32.9 Å². The van der Waals surface area contributed by atoms with Crippen molar-refractivity contribution in [1.29, 1.82) is 0 Å². The van der Waals surface area contributed by atoms with Gasteiger partial charge < -0.3 is 8.92 Å². The van der Waals surface area contributed by atoms with Crippen LogP contribution in [-0.2, 0) is 15.1 Å². The molecule has 0 aliphatic heterocycles. The Hall–Kier alpha value is -1.76. The molecule has 0 radical (unpaired) electrons. The number of carbonyl (C=O) groups excluding carboxylic acids is 1. The zero-order valence-corrected chi connectivity index (χ0v) is 12.8. The van der Waals surface area contributed by atoms with E-state index in [4.69, 9.17) is 8.92 Å². The van der Waals surface area contributed by atoms with Crippen molar-refractivity contribution in [2.24, 2.45) is 5.41 Å². The molecule has 0 aromatic heterocycles. The van der Waals surface area contributed by atoms with E-state index in [2.05, 4.69) is 0 Å². The Morgan fingerprint density at radius 3 is 2.25 bits per heavy atom. The van der Waals surface area contributed by atoms with Crippen molar-refractivity contribution < 1.29 is 22.1 Å². The van der Waals surface area contributed by atoms with Gasteiger partial charge in [0, 0.05) is 5.41 Å². The predicted molar refractivity (Wildman–Crippen MR) is 74.8 cm³/mol. The Kier molecular flexibility index (Phi) is 4.99. The van der Waals surface area contributed by atoms with Gasteiger partial charge in [0.05, 0.1) is 6.61 Å². The van der Waals surface area contributed by atoms with Crippen LogP contribution in [0.25, 0.3) is 0 Å². The van der Waals surface area contributed by atoms with Gasteiger partial charge in [0.25, 0.3) is 0 Å². The van der Waals surface area contributed by atoms with E-state index in [1.807, 2.05) is 4.72 Å². The van der Waals surface area contributed by atoms with Crippen LogP contribution < -0.4 is 13.6 Å². The molecule has 0 unspecified atom stereocenters. The number of carbonyl (C=O) groups is 1. The number of benzene rings is 1. The van der Waals surface area contributed by atoms with Gasteiger partial charge >= 0.3 is 10.3 Å². The van der Waals surface area contributed by atoms with Crippen LogP contribution in [0.2, 0.25) is 0 Å². The van der Waals surface area contributed by atoms with Gasteiger partial charge in [-0.15, -0.1) is 0 Å². The van der Waals surface area contributed by atoms with Gasteiger partial charge in [-0.3, -0.25) is 4.79 Å². The fraction of sp³-hybridized carbons (Fsp3) is 0.462. The Bertz CT molecular complexity index is 575. The SMILES string of the molecule is CCOc1ccccc1OS(=O)(=O)NC(=O)C(C)(C)C. The summed E-state index contributed by atoms with van der Waals surface area (Å²) < 4.78 is 35.6. The second kappa shape index (κ2) is 6.13. The van der Waals surface area contributed by atoms with E-state index in [0.29, 0.717) is 12.4 Å². The zero-order chi connectivity index (χ0) is 15.4. The van der Waals surface area contributed by atoms with Crippen molar-refractivity contribution in [2.75, 3.05) is 6.61 Å². The summed E-state index contributed by atoms with van der Waals surface area (Å²) in [6, 6.07) is 6.34. The van der Waals surface area contributed by atoms with Crippen LogP contribution in [-0.4, -0.2) is 20.9 Å². The lowest BCUT2D eigenvalue weighted by molar-refractivity contribution is -0.126. The smallest absolute Gasteiger partial charge is 0.409 e. The molecule has 1 aromatic carbocycles. The molecule has 7 heteroatoms. The fourth-order valence-electron chi connectivity index (χ4n) is 1.20. The highest BCUT2D eigenvalue weighted by Crippen LogP contribution is 2.27. The third-order valence-corrected chi connectivity index (χ3v) is 3.08. The summed E-state index contributed by atoms with van der Waals surface area (Å²) in [4.78, 5) is 11.7. The fourth-order valence-corrected chi connectivity index (χ4v) is 2.15. The molecule has 0 saturated carbocycles. The molecule has 0 fully saturated rings. The maximum Gasteiger partial charge on any atom is 0.409 e. The number of hydrogen-bond donors (Lipinski definition) is 1.